The molecule has 1 aliphatic rings. The van der Waals surface area contributed by atoms with E-state index in [1.54, 1.807) is 25.7 Å². The first kappa shape index (κ1) is 21.2. The zero-order valence-corrected chi connectivity index (χ0v) is 17.8. The number of ether oxygens (including phenoxy) is 2. The lowest BCUT2D eigenvalue weighted by Crippen LogP contribution is -2.40. The second-order valence-electron chi connectivity index (χ2n) is 7.73. The number of nitrogens with zero attached hydrogens (tertiary/aromatic N) is 1. The Morgan fingerprint density at radius 3 is 2.55 bits per heavy atom. The molecule has 0 saturated heterocycles. The van der Waals surface area contributed by atoms with E-state index >= 15 is 0 Å². The van der Waals surface area contributed by atoms with Gasteiger partial charge in [0.1, 0.15) is 13.2 Å². The van der Waals surface area contributed by atoms with Crippen molar-refractivity contribution in [2.24, 2.45) is 0 Å². The number of nitrogens with one attached hydrogen (secondary N) is 1. The number of para-hydroxylation sites is 1. The summed E-state index contributed by atoms with van der Waals surface area (Å²) in [5, 5.41) is -0.291. The predicted octanol–water partition coefficient (Wildman–Crippen LogP) is 2.79. The predicted molar refractivity (Wildman–Crippen MR) is 107 cm³/mol. The van der Waals surface area contributed by atoms with E-state index in [2.05, 4.69) is 4.72 Å². The molecule has 0 saturated carbocycles. The zero-order chi connectivity index (χ0) is 21.2. The van der Waals surface area contributed by atoms with E-state index in [4.69, 9.17) is 13.9 Å². The summed E-state index contributed by atoms with van der Waals surface area (Å²) in [6, 6.07) is 8.20. The fraction of sp³-hybridized carbons (Fsp3) is 0.450. The molecule has 1 N–H and O–H groups in total. The third-order valence-corrected chi connectivity index (χ3v) is 5.81. The normalized spacial score (nSPS) is 13.9. The van der Waals surface area contributed by atoms with E-state index in [0.29, 0.717) is 31.3 Å². The molecule has 2 aromatic rings. The Bertz CT molecular complexity index is 991. The third-order valence-electron chi connectivity index (χ3n) is 4.18. The van der Waals surface area contributed by atoms with Crippen LogP contribution in [-0.4, -0.2) is 44.5 Å². The summed E-state index contributed by atoms with van der Waals surface area (Å²) in [6.07, 6.45) is 0. The molecule has 1 aromatic heterocycles. The second kappa shape index (κ2) is 8.08. The first-order valence-corrected chi connectivity index (χ1v) is 10.9. The van der Waals surface area contributed by atoms with Crippen molar-refractivity contribution < 1.29 is 27.1 Å². The van der Waals surface area contributed by atoms with Crippen molar-refractivity contribution >= 4 is 15.9 Å². The molecule has 3 rings (SSSR count). The lowest BCUT2D eigenvalue weighted by Gasteiger charge is -2.25. The minimum absolute atomic E-state index is 0.0388. The molecule has 0 aliphatic carbocycles. The number of hydrogen-bond acceptors (Lipinski definition) is 6. The molecule has 29 heavy (non-hydrogen) atoms. The Labute approximate surface area is 170 Å². The molecular weight excluding hydrogens is 396 g/mol. The van der Waals surface area contributed by atoms with Gasteiger partial charge in [-0.25, -0.2) is 13.1 Å². The lowest BCUT2D eigenvalue weighted by atomic mass is 10.1. The highest BCUT2D eigenvalue weighted by atomic mass is 32.2. The number of rotatable bonds is 6. The van der Waals surface area contributed by atoms with E-state index in [1.807, 2.05) is 25.1 Å². The van der Waals surface area contributed by atoms with E-state index in [9.17, 15) is 13.2 Å². The van der Waals surface area contributed by atoms with Crippen molar-refractivity contribution in [1.82, 2.24) is 9.62 Å². The Balaban J connectivity index is 1.80. The number of hydrogen-bond donors (Lipinski definition) is 1. The van der Waals surface area contributed by atoms with Gasteiger partial charge in [0.2, 0.25) is 5.09 Å². The average molecular weight is 423 g/mol. The quantitative estimate of drug-likeness (QED) is 0.769. The van der Waals surface area contributed by atoms with Gasteiger partial charge in [-0.2, -0.15) is 0 Å². The minimum Gasteiger partial charge on any atom is -0.486 e. The molecule has 0 atom stereocenters. The van der Waals surface area contributed by atoms with Crippen LogP contribution < -0.4 is 14.2 Å². The van der Waals surface area contributed by atoms with Crippen LogP contribution in [0, 0.1) is 0 Å². The number of benzene rings is 1. The van der Waals surface area contributed by atoms with Crippen molar-refractivity contribution in [3.8, 4) is 11.5 Å². The molecule has 2 heterocycles. The summed E-state index contributed by atoms with van der Waals surface area (Å²) < 4.78 is 44.0. The van der Waals surface area contributed by atoms with Crippen LogP contribution in [0.2, 0.25) is 0 Å². The average Bonchev–Trinajstić information content (AvgIpc) is 3.15. The van der Waals surface area contributed by atoms with Gasteiger partial charge >= 0.3 is 0 Å². The van der Waals surface area contributed by atoms with Crippen molar-refractivity contribution in [1.29, 1.82) is 0 Å². The van der Waals surface area contributed by atoms with Gasteiger partial charge in [-0.05, 0) is 45.9 Å². The first-order valence-electron chi connectivity index (χ1n) is 9.41. The molecule has 1 aliphatic heterocycles. The van der Waals surface area contributed by atoms with Crippen LogP contribution in [0.5, 0.6) is 11.5 Å². The van der Waals surface area contributed by atoms with Crippen LogP contribution in [-0.2, 0) is 16.6 Å². The summed E-state index contributed by atoms with van der Waals surface area (Å²) in [6.45, 7) is 8.65. The first-order chi connectivity index (χ1) is 13.6. The lowest BCUT2D eigenvalue weighted by molar-refractivity contribution is 0.0711. The number of amides is 1. The van der Waals surface area contributed by atoms with Gasteiger partial charge in [0.05, 0.1) is 0 Å². The SMILES string of the molecule is CCN(Cc1cccc2c1OCCO2)C(=O)c1ccc(S(=O)(=O)NC(C)(C)C)o1. The topological polar surface area (TPSA) is 98.1 Å². The Morgan fingerprint density at radius 2 is 1.86 bits per heavy atom. The van der Waals surface area contributed by atoms with Crippen molar-refractivity contribution in [3.05, 3.63) is 41.7 Å². The Hall–Kier alpha value is -2.52. The molecule has 0 radical (unpaired) electrons. The van der Waals surface area contributed by atoms with Crippen LogP contribution in [0.4, 0.5) is 0 Å². The van der Waals surface area contributed by atoms with Crippen LogP contribution >= 0.6 is 0 Å². The summed E-state index contributed by atoms with van der Waals surface area (Å²) in [7, 11) is -3.86. The molecule has 0 spiro atoms. The largest absolute Gasteiger partial charge is 0.486 e. The van der Waals surface area contributed by atoms with E-state index in [0.717, 1.165) is 5.56 Å². The Morgan fingerprint density at radius 1 is 1.14 bits per heavy atom. The van der Waals surface area contributed by atoms with Gasteiger partial charge in [0, 0.05) is 24.2 Å². The smallest absolute Gasteiger partial charge is 0.289 e. The van der Waals surface area contributed by atoms with Gasteiger partial charge in [-0.3, -0.25) is 4.79 Å². The number of fused-ring (bicyclic) bond motifs is 1. The molecule has 1 aromatic carbocycles. The van der Waals surface area contributed by atoms with E-state index in [-0.39, 0.29) is 17.4 Å². The highest BCUT2D eigenvalue weighted by Crippen LogP contribution is 2.34. The van der Waals surface area contributed by atoms with Crippen molar-refractivity contribution in [2.75, 3.05) is 19.8 Å². The summed E-state index contributed by atoms with van der Waals surface area (Å²) in [5.74, 6) is 0.834. The monoisotopic (exact) mass is 422 g/mol. The highest BCUT2D eigenvalue weighted by molar-refractivity contribution is 7.89. The standard InChI is InChI=1S/C20H26N2O6S/c1-5-22(13-14-7-6-8-15-18(14)27-12-11-26-15)19(23)16-9-10-17(28-16)29(24,25)21-20(2,3)4/h6-10,21H,5,11-13H2,1-4H3. The number of sulfonamides is 1. The van der Waals surface area contributed by atoms with Gasteiger partial charge in [-0.15, -0.1) is 0 Å². The van der Waals surface area contributed by atoms with Gasteiger partial charge < -0.3 is 18.8 Å². The molecular formula is C20H26N2O6S. The zero-order valence-electron chi connectivity index (χ0n) is 17.0. The van der Waals surface area contributed by atoms with Crippen LogP contribution in [0.3, 0.4) is 0 Å². The minimum atomic E-state index is -3.86. The number of furan rings is 1. The molecule has 0 fully saturated rings. The highest BCUT2D eigenvalue weighted by Gasteiger charge is 2.28. The fourth-order valence-electron chi connectivity index (χ4n) is 2.98. The van der Waals surface area contributed by atoms with Crippen LogP contribution in [0.1, 0.15) is 43.8 Å². The molecule has 0 bridgehead atoms. The van der Waals surface area contributed by atoms with Crippen LogP contribution in [0.25, 0.3) is 0 Å². The second-order valence-corrected chi connectivity index (χ2v) is 9.35. The van der Waals surface area contributed by atoms with Crippen molar-refractivity contribution in [3.63, 3.8) is 0 Å². The molecule has 0 unspecified atom stereocenters. The van der Waals surface area contributed by atoms with E-state index < -0.39 is 21.5 Å². The molecule has 1 amide bonds. The summed E-state index contributed by atoms with van der Waals surface area (Å²) in [4.78, 5) is 14.5. The Kier molecular flexibility index (Phi) is 5.90. The maximum atomic E-state index is 12.9. The number of carbonyl (C=O) groups is 1. The maximum Gasteiger partial charge on any atom is 0.289 e. The molecule has 158 valence electrons. The van der Waals surface area contributed by atoms with Gasteiger partial charge in [0.15, 0.2) is 17.3 Å². The maximum absolute atomic E-state index is 12.9. The molecule has 9 heteroatoms. The van der Waals surface area contributed by atoms with Gasteiger partial charge in [-0.1, -0.05) is 12.1 Å². The van der Waals surface area contributed by atoms with Gasteiger partial charge in [0.25, 0.3) is 15.9 Å². The van der Waals surface area contributed by atoms with E-state index in [1.165, 1.54) is 12.1 Å². The summed E-state index contributed by atoms with van der Waals surface area (Å²) in [5.41, 5.74) is 0.144. The summed E-state index contributed by atoms with van der Waals surface area (Å²) >= 11 is 0. The van der Waals surface area contributed by atoms with Crippen molar-refractivity contribution in [2.45, 2.75) is 44.9 Å². The number of carbonyl (C=O) groups excluding carboxylic acids is 1. The molecule has 8 nitrogen and oxygen atoms in total. The van der Waals surface area contributed by atoms with Crippen LogP contribution in [0.15, 0.2) is 39.8 Å². The third kappa shape index (κ3) is 4.91. The fourth-order valence-corrected chi connectivity index (χ4v) is 4.33.